The molecule has 10 aromatic carbocycles. The minimum atomic E-state index is 0.824. The average Bonchev–Trinajstić information content (AvgIpc) is 3.88. The van der Waals surface area contributed by atoms with Gasteiger partial charge in [0.15, 0.2) is 0 Å². The van der Waals surface area contributed by atoms with Gasteiger partial charge in [-0.25, -0.2) is 0 Å². The molecule has 0 bridgehead atoms. The molecule has 0 amide bonds. The summed E-state index contributed by atoms with van der Waals surface area (Å²) in [6.07, 6.45) is 0. The number of aryl methyl sites for hydroxylation is 4. The predicted molar refractivity (Wildman–Crippen MR) is 289 cm³/mol. The normalized spacial score (nSPS) is 11.8. The molecule has 4 heteroatoms. The first-order valence-corrected chi connectivity index (χ1v) is 23.7. The molecule has 68 heavy (non-hydrogen) atoms. The Morgan fingerprint density at radius 1 is 0.309 bits per heavy atom. The molecule has 0 saturated heterocycles. The lowest BCUT2D eigenvalue weighted by molar-refractivity contribution is 0.658. The van der Waals surface area contributed by atoms with Crippen molar-refractivity contribution in [2.24, 2.45) is 0 Å². The van der Waals surface area contributed by atoms with E-state index in [0.29, 0.717) is 0 Å². The number of nitrogens with zero attached hydrogens (tertiary/aromatic N) is 2. The van der Waals surface area contributed by atoms with E-state index in [4.69, 9.17) is 8.83 Å². The summed E-state index contributed by atoms with van der Waals surface area (Å²) in [7, 11) is 0. The molecule has 0 aliphatic heterocycles. The summed E-state index contributed by atoms with van der Waals surface area (Å²) in [5.74, 6) is 0. The van der Waals surface area contributed by atoms with E-state index in [-0.39, 0.29) is 0 Å². The van der Waals surface area contributed by atoms with Crippen molar-refractivity contribution >= 4 is 99.5 Å². The molecule has 4 nitrogen and oxygen atoms in total. The Morgan fingerprint density at radius 2 is 0.691 bits per heavy atom. The smallest absolute Gasteiger partial charge is 0.147 e. The maximum atomic E-state index is 7.05. The Bertz CT molecular complexity index is 3680. The fraction of sp³-hybridized carbons (Fsp3) is 0.125. The topological polar surface area (TPSA) is 32.8 Å². The van der Waals surface area contributed by atoms with E-state index in [1.54, 1.807) is 0 Å². The molecular formula is C64H52N2O2. The zero-order valence-electron chi connectivity index (χ0n) is 39.9. The second-order valence-corrected chi connectivity index (χ2v) is 18.9. The van der Waals surface area contributed by atoms with Crippen LogP contribution in [0.1, 0.15) is 44.5 Å². The van der Waals surface area contributed by atoms with Crippen LogP contribution in [0.4, 0.5) is 34.1 Å². The van der Waals surface area contributed by atoms with Crippen LogP contribution in [-0.2, 0) is 0 Å². The molecule has 0 spiro atoms. The summed E-state index contributed by atoms with van der Waals surface area (Å²) in [5.41, 5.74) is 22.4. The number of rotatable bonds is 7. The fourth-order valence-corrected chi connectivity index (χ4v) is 10.5. The fourth-order valence-electron chi connectivity index (χ4n) is 10.5. The lowest BCUT2D eigenvalue weighted by Gasteiger charge is -2.30. The van der Waals surface area contributed by atoms with Gasteiger partial charge >= 0.3 is 0 Å². The van der Waals surface area contributed by atoms with Crippen LogP contribution in [0.25, 0.3) is 76.5 Å². The summed E-state index contributed by atoms with van der Waals surface area (Å²) in [4.78, 5) is 4.83. The Labute approximate surface area is 397 Å². The van der Waals surface area contributed by atoms with E-state index in [1.165, 1.54) is 67.3 Å². The van der Waals surface area contributed by atoms with Gasteiger partial charge in [-0.3, -0.25) is 0 Å². The molecular weight excluding hydrogens is 829 g/mol. The van der Waals surface area contributed by atoms with E-state index < -0.39 is 0 Å². The number of hydrogen-bond acceptors (Lipinski definition) is 4. The van der Waals surface area contributed by atoms with Crippen molar-refractivity contribution in [3.63, 3.8) is 0 Å². The first-order chi connectivity index (χ1) is 33.0. The summed E-state index contributed by atoms with van der Waals surface area (Å²) < 4.78 is 14.1. The number of benzene rings is 10. The van der Waals surface area contributed by atoms with E-state index in [2.05, 4.69) is 235 Å². The van der Waals surface area contributed by atoms with Crippen molar-refractivity contribution in [2.45, 2.75) is 55.4 Å². The first-order valence-electron chi connectivity index (χ1n) is 23.7. The van der Waals surface area contributed by atoms with Crippen molar-refractivity contribution in [3.05, 3.63) is 214 Å². The first kappa shape index (κ1) is 41.4. The highest BCUT2D eigenvalue weighted by Gasteiger charge is 2.24. The minimum absolute atomic E-state index is 0.824. The molecule has 0 fully saturated rings. The van der Waals surface area contributed by atoms with Crippen LogP contribution in [0.5, 0.6) is 0 Å². The number of anilines is 6. The molecule has 330 valence electrons. The van der Waals surface area contributed by atoms with Crippen LogP contribution in [0.2, 0.25) is 0 Å². The second-order valence-electron chi connectivity index (χ2n) is 18.9. The maximum Gasteiger partial charge on any atom is 0.147 e. The predicted octanol–water partition coefficient (Wildman–Crippen LogP) is 18.9. The van der Waals surface area contributed by atoms with Crippen molar-refractivity contribution in [3.8, 4) is 11.1 Å². The Hall–Kier alpha value is -8.08. The van der Waals surface area contributed by atoms with Crippen molar-refractivity contribution in [2.75, 3.05) is 9.80 Å². The third kappa shape index (κ3) is 6.50. The van der Waals surface area contributed by atoms with Crippen LogP contribution in [0.3, 0.4) is 0 Å². The van der Waals surface area contributed by atoms with Gasteiger partial charge in [0, 0.05) is 55.7 Å². The van der Waals surface area contributed by atoms with Gasteiger partial charge in [0.2, 0.25) is 0 Å². The van der Waals surface area contributed by atoms with Crippen molar-refractivity contribution < 1.29 is 8.83 Å². The molecule has 0 radical (unpaired) electrons. The van der Waals surface area contributed by atoms with Crippen LogP contribution in [-0.4, -0.2) is 0 Å². The zero-order valence-corrected chi connectivity index (χ0v) is 39.9. The van der Waals surface area contributed by atoms with Crippen molar-refractivity contribution in [1.29, 1.82) is 0 Å². The van der Waals surface area contributed by atoms with Crippen LogP contribution in [0, 0.1) is 55.4 Å². The van der Waals surface area contributed by atoms with Gasteiger partial charge in [-0.2, -0.15) is 0 Å². The highest BCUT2D eigenvalue weighted by Crippen LogP contribution is 2.48. The third-order valence-electron chi connectivity index (χ3n) is 14.9. The maximum absolute atomic E-state index is 7.05. The minimum Gasteiger partial charge on any atom is -0.455 e. The second kappa shape index (κ2) is 15.8. The molecule has 0 N–H and O–H groups in total. The number of hydrogen-bond donors (Lipinski definition) is 0. The standard InChI is InChI=1S/C64H52N2O2/c1-37-16-12-22-56(41(37)5)65(57-23-13-17-38(2)42(57)6)50-28-26-46-32-52-54-36-55-53-33-47-27-29-51(66(58-24-14-18-39(3)43(58)7)59-25-15-19-40(4)44(59)8)31-49(47)35-61(53)68-64(55)62(45-20-10-9-11-21-45)63(54)67-60(52)34-48(46)30-50/h9-36H,1-8H3. The van der Waals surface area contributed by atoms with Crippen LogP contribution >= 0.6 is 0 Å². The summed E-state index contributed by atoms with van der Waals surface area (Å²) in [6.45, 7) is 17.6. The van der Waals surface area contributed by atoms with E-state index >= 15 is 0 Å². The molecule has 2 heterocycles. The summed E-state index contributed by atoms with van der Waals surface area (Å²) >= 11 is 0. The molecule has 0 unspecified atom stereocenters. The molecule has 0 aliphatic rings. The van der Waals surface area contributed by atoms with E-state index in [1.807, 2.05) is 0 Å². The SMILES string of the molecule is Cc1cccc(N(c2ccc3cc4c(cc3c2)oc2c(-c3ccccc3)c3oc5cc6cc(N(c7cccc(C)c7C)c7cccc(C)c7C)ccc6cc5c3cc24)c2cccc(C)c2C)c1C. The summed E-state index contributed by atoms with van der Waals surface area (Å²) in [6, 6.07) is 61.9. The molecule has 12 aromatic rings. The average molecular weight is 881 g/mol. The van der Waals surface area contributed by atoms with Gasteiger partial charge in [-0.15, -0.1) is 0 Å². The lowest BCUT2D eigenvalue weighted by Crippen LogP contribution is -2.13. The zero-order chi connectivity index (χ0) is 46.5. The quantitative estimate of drug-likeness (QED) is 0.160. The Balaban J connectivity index is 1.04. The van der Waals surface area contributed by atoms with Crippen LogP contribution in [0.15, 0.2) is 179 Å². The largest absolute Gasteiger partial charge is 0.455 e. The molecule has 0 saturated carbocycles. The highest BCUT2D eigenvalue weighted by atomic mass is 16.3. The lowest BCUT2D eigenvalue weighted by atomic mass is 9.97. The molecule has 2 aromatic heterocycles. The van der Waals surface area contributed by atoms with Crippen molar-refractivity contribution in [1.82, 2.24) is 0 Å². The van der Waals surface area contributed by atoms with Gasteiger partial charge in [0.05, 0.1) is 5.56 Å². The van der Waals surface area contributed by atoms with E-state index in [9.17, 15) is 0 Å². The Morgan fingerprint density at radius 3 is 1.07 bits per heavy atom. The molecule has 12 rings (SSSR count). The summed E-state index contributed by atoms with van der Waals surface area (Å²) in [5, 5.41) is 8.84. The molecule has 0 atom stereocenters. The van der Waals surface area contributed by atoms with Gasteiger partial charge < -0.3 is 18.6 Å². The van der Waals surface area contributed by atoms with Gasteiger partial charge in [-0.05, 0) is 206 Å². The number of fused-ring (bicyclic) bond motifs is 8. The monoisotopic (exact) mass is 880 g/mol. The third-order valence-corrected chi connectivity index (χ3v) is 14.9. The van der Waals surface area contributed by atoms with Gasteiger partial charge in [0.25, 0.3) is 0 Å². The molecule has 0 aliphatic carbocycles. The number of furan rings is 2. The van der Waals surface area contributed by atoms with Gasteiger partial charge in [0.1, 0.15) is 22.3 Å². The van der Waals surface area contributed by atoms with Gasteiger partial charge in [-0.1, -0.05) is 91.0 Å². The van der Waals surface area contributed by atoms with E-state index in [0.717, 1.165) is 87.9 Å². The van der Waals surface area contributed by atoms with Crippen LogP contribution < -0.4 is 9.80 Å². The highest BCUT2D eigenvalue weighted by molar-refractivity contribution is 6.24. The Kier molecular flexibility index (Phi) is 9.60.